The molecule has 1 aromatic carbocycles. The Kier molecular flexibility index (Phi) is 5.01. The summed E-state index contributed by atoms with van der Waals surface area (Å²) in [5.74, 6) is -0.819. The minimum Gasteiger partial charge on any atom is -0.333 e. The Balaban J connectivity index is 1.55. The van der Waals surface area contributed by atoms with Crippen molar-refractivity contribution in [2.24, 2.45) is 0 Å². The maximum absolute atomic E-state index is 12.4. The van der Waals surface area contributed by atoms with Gasteiger partial charge in [-0.15, -0.1) is 0 Å². The van der Waals surface area contributed by atoms with E-state index in [2.05, 4.69) is 9.88 Å². The van der Waals surface area contributed by atoms with E-state index in [0.29, 0.717) is 18.7 Å². The van der Waals surface area contributed by atoms with Crippen molar-refractivity contribution >= 4 is 11.7 Å². The highest BCUT2D eigenvalue weighted by molar-refractivity contribution is 6.42. The third-order valence-corrected chi connectivity index (χ3v) is 4.32. The number of aryl methyl sites for hydroxylation is 1. The molecule has 0 spiro atoms. The lowest BCUT2D eigenvalue weighted by Gasteiger charge is -2.34. The second-order valence-corrected chi connectivity index (χ2v) is 6.12. The van der Waals surface area contributed by atoms with E-state index in [1.807, 2.05) is 31.2 Å². The molecule has 0 atom stereocenters. The van der Waals surface area contributed by atoms with Crippen molar-refractivity contribution in [3.05, 3.63) is 65.5 Å². The summed E-state index contributed by atoms with van der Waals surface area (Å²) in [5, 5.41) is 0. The van der Waals surface area contributed by atoms with Gasteiger partial charge in [-0.1, -0.05) is 29.8 Å². The van der Waals surface area contributed by atoms with Crippen molar-refractivity contribution in [3.8, 4) is 0 Å². The van der Waals surface area contributed by atoms with Gasteiger partial charge in [-0.25, -0.2) is 0 Å². The number of nitrogens with zero attached hydrogens (tertiary/aromatic N) is 3. The number of benzene rings is 1. The molecule has 124 valence electrons. The van der Waals surface area contributed by atoms with Gasteiger partial charge in [-0.05, 0) is 24.6 Å². The van der Waals surface area contributed by atoms with Crippen LogP contribution in [-0.4, -0.2) is 52.7 Å². The van der Waals surface area contributed by atoms with E-state index in [1.54, 1.807) is 29.4 Å². The molecule has 3 rings (SSSR count). The lowest BCUT2D eigenvalue weighted by Crippen LogP contribution is -2.50. The van der Waals surface area contributed by atoms with Crippen LogP contribution in [0.3, 0.4) is 0 Å². The third kappa shape index (κ3) is 3.86. The summed E-state index contributed by atoms with van der Waals surface area (Å²) < 4.78 is 0. The summed E-state index contributed by atoms with van der Waals surface area (Å²) in [6.45, 7) is 5.52. The van der Waals surface area contributed by atoms with E-state index in [4.69, 9.17) is 0 Å². The number of Topliss-reactive ketones (excluding diaryl/α,β-unsaturated/α-hetero) is 1. The highest BCUT2D eigenvalue weighted by atomic mass is 16.2. The zero-order valence-corrected chi connectivity index (χ0v) is 13.8. The second kappa shape index (κ2) is 7.36. The fraction of sp³-hybridized carbons (Fsp3) is 0.316. The van der Waals surface area contributed by atoms with Crippen molar-refractivity contribution in [2.75, 3.05) is 26.2 Å². The number of carbonyl (C=O) groups excluding carboxylic acids is 2. The van der Waals surface area contributed by atoms with Crippen LogP contribution in [0.4, 0.5) is 0 Å². The molecule has 1 aromatic heterocycles. The van der Waals surface area contributed by atoms with Crippen LogP contribution >= 0.6 is 0 Å². The van der Waals surface area contributed by atoms with E-state index < -0.39 is 11.7 Å². The number of rotatable bonds is 4. The Bertz CT molecular complexity index is 705. The fourth-order valence-corrected chi connectivity index (χ4v) is 2.83. The zero-order chi connectivity index (χ0) is 16.9. The molecule has 1 aliphatic rings. The Morgan fingerprint density at radius 1 is 0.958 bits per heavy atom. The van der Waals surface area contributed by atoms with Gasteiger partial charge >= 0.3 is 0 Å². The van der Waals surface area contributed by atoms with E-state index in [-0.39, 0.29) is 0 Å². The highest BCUT2D eigenvalue weighted by Gasteiger charge is 2.26. The van der Waals surface area contributed by atoms with Crippen LogP contribution < -0.4 is 0 Å². The SMILES string of the molecule is Cc1ccc(C(=O)C(=O)N2CCN(Cc3ccncc3)CC2)cc1. The maximum atomic E-state index is 12.4. The molecule has 1 fully saturated rings. The van der Waals surface area contributed by atoms with Crippen molar-refractivity contribution in [1.82, 2.24) is 14.8 Å². The van der Waals surface area contributed by atoms with Gasteiger partial charge in [0.05, 0.1) is 0 Å². The van der Waals surface area contributed by atoms with E-state index in [0.717, 1.165) is 25.2 Å². The average Bonchev–Trinajstić information content (AvgIpc) is 2.63. The van der Waals surface area contributed by atoms with Crippen LogP contribution in [0.25, 0.3) is 0 Å². The number of amides is 1. The summed E-state index contributed by atoms with van der Waals surface area (Å²) >= 11 is 0. The molecular weight excluding hydrogens is 302 g/mol. The van der Waals surface area contributed by atoms with E-state index >= 15 is 0 Å². The number of hydrogen-bond donors (Lipinski definition) is 0. The molecule has 0 saturated carbocycles. The monoisotopic (exact) mass is 323 g/mol. The van der Waals surface area contributed by atoms with Gasteiger partial charge in [0.15, 0.2) is 0 Å². The molecule has 2 aromatic rings. The number of hydrogen-bond acceptors (Lipinski definition) is 4. The van der Waals surface area contributed by atoms with Gasteiger partial charge in [0.1, 0.15) is 0 Å². The summed E-state index contributed by atoms with van der Waals surface area (Å²) in [5.41, 5.74) is 2.74. The number of pyridine rings is 1. The van der Waals surface area contributed by atoms with Gasteiger partial charge in [0, 0.05) is 50.7 Å². The molecule has 0 aliphatic carbocycles. The third-order valence-electron chi connectivity index (χ3n) is 4.32. The number of ketones is 1. The van der Waals surface area contributed by atoms with Crippen molar-refractivity contribution in [2.45, 2.75) is 13.5 Å². The first-order valence-corrected chi connectivity index (χ1v) is 8.15. The predicted molar refractivity (Wildman–Crippen MR) is 91.6 cm³/mol. The lowest BCUT2D eigenvalue weighted by molar-refractivity contribution is -0.128. The molecule has 2 heterocycles. The Morgan fingerprint density at radius 2 is 1.58 bits per heavy atom. The average molecular weight is 323 g/mol. The van der Waals surface area contributed by atoms with Crippen molar-refractivity contribution in [3.63, 3.8) is 0 Å². The molecule has 1 aliphatic heterocycles. The normalized spacial score (nSPS) is 15.3. The highest BCUT2D eigenvalue weighted by Crippen LogP contribution is 2.11. The molecule has 0 unspecified atom stereocenters. The van der Waals surface area contributed by atoms with Gasteiger partial charge in [-0.3, -0.25) is 19.5 Å². The van der Waals surface area contributed by atoms with Gasteiger partial charge in [-0.2, -0.15) is 0 Å². The molecule has 0 bridgehead atoms. The summed E-state index contributed by atoms with van der Waals surface area (Å²) in [6.07, 6.45) is 3.57. The Hall–Kier alpha value is -2.53. The minimum atomic E-state index is -0.419. The van der Waals surface area contributed by atoms with E-state index in [9.17, 15) is 9.59 Å². The second-order valence-electron chi connectivity index (χ2n) is 6.12. The van der Waals surface area contributed by atoms with Gasteiger partial charge in [0.25, 0.3) is 5.91 Å². The van der Waals surface area contributed by atoms with Gasteiger partial charge in [0.2, 0.25) is 5.78 Å². The smallest absolute Gasteiger partial charge is 0.295 e. The molecule has 0 radical (unpaired) electrons. The summed E-state index contributed by atoms with van der Waals surface area (Å²) in [4.78, 5) is 32.7. The lowest BCUT2D eigenvalue weighted by atomic mass is 10.1. The Labute approximate surface area is 141 Å². The number of carbonyl (C=O) groups is 2. The molecule has 5 heteroatoms. The van der Waals surface area contributed by atoms with Crippen molar-refractivity contribution in [1.29, 1.82) is 0 Å². The summed E-state index contributed by atoms with van der Waals surface area (Å²) in [6, 6.07) is 11.1. The van der Waals surface area contributed by atoms with Crippen LogP contribution in [0.5, 0.6) is 0 Å². The largest absolute Gasteiger partial charge is 0.333 e. The molecular formula is C19H21N3O2. The molecule has 0 N–H and O–H groups in total. The van der Waals surface area contributed by atoms with Crippen LogP contribution in [-0.2, 0) is 11.3 Å². The first-order valence-electron chi connectivity index (χ1n) is 8.15. The van der Waals surface area contributed by atoms with Gasteiger partial charge < -0.3 is 4.90 Å². The Morgan fingerprint density at radius 3 is 2.21 bits per heavy atom. The molecule has 5 nitrogen and oxygen atoms in total. The van der Waals surface area contributed by atoms with Crippen LogP contribution in [0.15, 0.2) is 48.8 Å². The topological polar surface area (TPSA) is 53.5 Å². The zero-order valence-electron chi connectivity index (χ0n) is 13.8. The van der Waals surface area contributed by atoms with Crippen LogP contribution in [0.2, 0.25) is 0 Å². The molecule has 24 heavy (non-hydrogen) atoms. The number of aromatic nitrogens is 1. The molecule has 1 amide bonds. The standard InChI is InChI=1S/C19H21N3O2/c1-15-2-4-17(5-3-15)18(23)19(24)22-12-10-21(11-13-22)14-16-6-8-20-9-7-16/h2-9H,10-14H2,1H3. The fourth-order valence-electron chi connectivity index (χ4n) is 2.83. The first kappa shape index (κ1) is 16.3. The predicted octanol–water partition coefficient (Wildman–Crippen LogP) is 1.92. The molecule has 1 saturated heterocycles. The first-order chi connectivity index (χ1) is 11.6. The van der Waals surface area contributed by atoms with E-state index in [1.165, 1.54) is 5.56 Å². The minimum absolute atomic E-state index is 0.401. The van der Waals surface area contributed by atoms with Crippen LogP contribution in [0, 0.1) is 6.92 Å². The summed E-state index contributed by atoms with van der Waals surface area (Å²) in [7, 11) is 0. The van der Waals surface area contributed by atoms with Crippen LogP contribution in [0.1, 0.15) is 21.5 Å². The number of piperazine rings is 1. The quantitative estimate of drug-likeness (QED) is 0.637. The van der Waals surface area contributed by atoms with Crippen molar-refractivity contribution < 1.29 is 9.59 Å². The maximum Gasteiger partial charge on any atom is 0.295 e.